The van der Waals surface area contributed by atoms with Crippen molar-refractivity contribution in [2.45, 2.75) is 26.3 Å². The predicted molar refractivity (Wildman–Crippen MR) is 58.9 cm³/mol. The third kappa shape index (κ3) is 6.99. The second-order valence-electron chi connectivity index (χ2n) is 4.21. The van der Waals surface area contributed by atoms with Crippen LogP contribution < -0.4 is 11.1 Å². The van der Waals surface area contributed by atoms with Gasteiger partial charge in [-0.25, -0.2) is 0 Å². The second-order valence-corrected chi connectivity index (χ2v) is 4.21. The molecule has 0 aromatic carbocycles. The fourth-order valence-corrected chi connectivity index (χ4v) is 1.29. The van der Waals surface area contributed by atoms with Crippen LogP contribution in [-0.2, 0) is 0 Å². The van der Waals surface area contributed by atoms with Gasteiger partial charge in [-0.05, 0) is 39.5 Å². The number of nitrogens with two attached hydrogens (primary N) is 1. The van der Waals surface area contributed by atoms with Gasteiger partial charge in [0.2, 0.25) is 0 Å². The fourth-order valence-electron chi connectivity index (χ4n) is 1.29. The maximum Gasteiger partial charge on any atom is 0.0217 e. The topological polar surface area (TPSA) is 41.3 Å². The second kappa shape index (κ2) is 7.30. The Hall–Kier alpha value is -0.120. The van der Waals surface area contributed by atoms with Crippen molar-refractivity contribution in [1.29, 1.82) is 0 Å². The summed E-state index contributed by atoms with van der Waals surface area (Å²) in [7, 11) is 4.22. The molecular formula is C10H25N3. The van der Waals surface area contributed by atoms with Gasteiger partial charge in [0, 0.05) is 12.6 Å². The third-order valence-corrected chi connectivity index (χ3v) is 2.15. The predicted octanol–water partition coefficient (Wildman–Crippen LogP) is 0.511. The van der Waals surface area contributed by atoms with E-state index < -0.39 is 0 Å². The summed E-state index contributed by atoms with van der Waals surface area (Å²) in [6.45, 7) is 7.42. The Balaban J connectivity index is 3.67. The Kier molecular flexibility index (Phi) is 7.23. The number of nitrogens with zero attached hydrogens (tertiary/aromatic N) is 1. The smallest absolute Gasteiger partial charge is 0.0217 e. The van der Waals surface area contributed by atoms with Gasteiger partial charge in [0.1, 0.15) is 0 Å². The normalized spacial score (nSPS) is 14.1. The highest BCUT2D eigenvalue weighted by Gasteiger charge is 2.12. The lowest BCUT2D eigenvalue weighted by molar-refractivity contribution is 0.289. The van der Waals surface area contributed by atoms with Gasteiger partial charge in [-0.3, -0.25) is 0 Å². The van der Waals surface area contributed by atoms with Crippen molar-refractivity contribution in [3.63, 3.8) is 0 Å². The van der Waals surface area contributed by atoms with Crippen LogP contribution in [-0.4, -0.2) is 44.7 Å². The number of likely N-dealkylation sites (N-methyl/N-ethyl adjacent to an activating group) is 1. The molecule has 13 heavy (non-hydrogen) atoms. The van der Waals surface area contributed by atoms with Crippen LogP contribution in [0.25, 0.3) is 0 Å². The summed E-state index contributed by atoms with van der Waals surface area (Å²) in [5, 5.41) is 3.53. The van der Waals surface area contributed by atoms with Crippen molar-refractivity contribution in [2.24, 2.45) is 11.7 Å². The van der Waals surface area contributed by atoms with Crippen LogP contribution in [0.3, 0.4) is 0 Å². The lowest BCUT2D eigenvalue weighted by Gasteiger charge is -2.25. The summed E-state index contributed by atoms with van der Waals surface area (Å²) in [5.41, 5.74) is 5.44. The van der Waals surface area contributed by atoms with Gasteiger partial charge in [-0.2, -0.15) is 0 Å². The Bertz CT molecular complexity index is 113. The molecule has 0 bridgehead atoms. The van der Waals surface area contributed by atoms with Crippen LogP contribution in [0, 0.1) is 5.92 Å². The molecule has 0 radical (unpaired) electrons. The van der Waals surface area contributed by atoms with Crippen molar-refractivity contribution in [1.82, 2.24) is 10.2 Å². The maximum atomic E-state index is 5.44. The molecule has 0 aromatic heterocycles. The van der Waals surface area contributed by atoms with Crippen LogP contribution in [0.5, 0.6) is 0 Å². The highest BCUT2D eigenvalue weighted by molar-refractivity contribution is 4.72. The zero-order valence-corrected chi connectivity index (χ0v) is 9.51. The van der Waals surface area contributed by atoms with Gasteiger partial charge in [-0.1, -0.05) is 13.8 Å². The minimum absolute atomic E-state index is 0.585. The summed E-state index contributed by atoms with van der Waals surface area (Å²) in [4.78, 5) is 2.22. The van der Waals surface area contributed by atoms with Crippen LogP contribution in [0.4, 0.5) is 0 Å². The van der Waals surface area contributed by atoms with Crippen LogP contribution >= 0.6 is 0 Å². The molecule has 1 unspecified atom stereocenters. The average Bonchev–Trinajstić information content (AvgIpc) is 2.02. The van der Waals surface area contributed by atoms with E-state index in [0.29, 0.717) is 12.0 Å². The van der Waals surface area contributed by atoms with Gasteiger partial charge >= 0.3 is 0 Å². The number of hydrogen-bond donors (Lipinski definition) is 2. The molecule has 0 aromatic rings. The van der Waals surface area contributed by atoms with Gasteiger partial charge in [0.05, 0.1) is 0 Å². The molecule has 3 heteroatoms. The van der Waals surface area contributed by atoms with E-state index in [4.69, 9.17) is 5.73 Å². The van der Waals surface area contributed by atoms with Crippen molar-refractivity contribution >= 4 is 0 Å². The summed E-state index contributed by atoms with van der Waals surface area (Å²) in [6.07, 6.45) is 1.07. The first kappa shape index (κ1) is 12.9. The molecule has 0 aliphatic carbocycles. The van der Waals surface area contributed by atoms with Gasteiger partial charge in [0.15, 0.2) is 0 Å². The van der Waals surface area contributed by atoms with E-state index in [1.54, 1.807) is 0 Å². The Morgan fingerprint density at radius 1 is 1.31 bits per heavy atom. The SMILES string of the molecule is CC(C)C(CN(C)C)NCCCN. The first-order chi connectivity index (χ1) is 6.07. The lowest BCUT2D eigenvalue weighted by atomic mass is 10.0. The number of nitrogens with one attached hydrogen (secondary N) is 1. The van der Waals surface area contributed by atoms with Crippen LogP contribution in [0.15, 0.2) is 0 Å². The molecule has 3 N–H and O–H groups in total. The van der Waals surface area contributed by atoms with E-state index in [-0.39, 0.29) is 0 Å². The Morgan fingerprint density at radius 2 is 1.92 bits per heavy atom. The molecule has 0 amide bonds. The van der Waals surface area contributed by atoms with E-state index in [2.05, 4.69) is 38.2 Å². The van der Waals surface area contributed by atoms with E-state index in [1.165, 1.54) is 0 Å². The molecule has 0 aliphatic rings. The summed E-state index contributed by atoms with van der Waals surface area (Å²) >= 11 is 0. The van der Waals surface area contributed by atoms with Crippen molar-refractivity contribution in [3.8, 4) is 0 Å². The summed E-state index contributed by atoms with van der Waals surface area (Å²) in [6, 6.07) is 0.585. The van der Waals surface area contributed by atoms with Gasteiger partial charge < -0.3 is 16.0 Å². The Morgan fingerprint density at radius 3 is 2.31 bits per heavy atom. The van der Waals surface area contributed by atoms with Crippen molar-refractivity contribution in [3.05, 3.63) is 0 Å². The molecule has 0 saturated carbocycles. The molecule has 0 aliphatic heterocycles. The molecule has 1 atom stereocenters. The molecule has 0 rings (SSSR count). The number of rotatable bonds is 7. The van der Waals surface area contributed by atoms with Crippen molar-refractivity contribution < 1.29 is 0 Å². The summed E-state index contributed by atoms with van der Waals surface area (Å²) < 4.78 is 0. The number of hydrogen-bond acceptors (Lipinski definition) is 3. The third-order valence-electron chi connectivity index (χ3n) is 2.15. The van der Waals surface area contributed by atoms with Gasteiger partial charge in [0.25, 0.3) is 0 Å². The van der Waals surface area contributed by atoms with Gasteiger partial charge in [-0.15, -0.1) is 0 Å². The lowest BCUT2D eigenvalue weighted by Crippen LogP contribution is -2.42. The fraction of sp³-hybridized carbons (Fsp3) is 1.00. The Labute approximate surface area is 82.7 Å². The molecule has 0 saturated heterocycles. The first-order valence-corrected chi connectivity index (χ1v) is 5.16. The minimum Gasteiger partial charge on any atom is -0.330 e. The quantitative estimate of drug-likeness (QED) is 0.571. The molecule has 3 nitrogen and oxygen atoms in total. The zero-order chi connectivity index (χ0) is 10.3. The minimum atomic E-state index is 0.585. The van der Waals surface area contributed by atoms with E-state index >= 15 is 0 Å². The molecule has 0 spiro atoms. The van der Waals surface area contributed by atoms with Crippen LogP contribution in [0.1, 0.15) is 20.3 Å². The molecule has 0 fully saturated rings. The standard InChI is InChI=1S/C10H25N3/c1-9(2)10(8-13(3)4)12-7-5-6-11/h9-10,12H,5-8,11H2,1-4H3. The average molecular weight is 187 g/mol. The largest absolute Gasteiger partial charge is 0.330 e. The highest BCUT2D eigenvalue weighted by atomic mass is 15.1. The zero-order valence-electron chi connectivity index (χ0n) is 9.51. The molecule has 0 heterocycles. The molecular weight excluding hydrogens is 162 g/mol. The highest BCUT2D eigenvalue weighted by Crippen LogP contribution is 2.02. The van der Waals surface area contributed by atoms with E-state index in [1.807, 2.05) is 0 Å². The summed E-state index contributed by atoms with van der Waals surface area (Å²) in [5.74, 6) is 0.681. The maximum absolute atomic E-state index is 5.44. The van der Waals surface area contributed by atoms with Crippen LogP contribution in [0.2, 0.25) is 0 Å². The van der Waals surface area contributed by atoms with E-state index in [0.717, 1.165) is 26.1 Å². The van der Waals surface area contributed by atoms with Crippen molar-refractivity contribution in [2.75, 3.05) is 33.7 Å². The molecule has 80 valence electrons. The monoisotopic (exact) mass is 187 g/mol. The first-order valence-electron chi connectivity index (χ1n) is 5.16. The van der Waals surface area contributed by atoms with E-state index in [9.17, 15) is 0 Å².